The van der Waals surface area contributed by atoms with Gasteiger partial charge in [0.15, 0.2) is 0 Å². The van der Waals surface area contributed by atoms with E-state index >= 15 is 0 Å². The summed E-state index contributed by atoms with van der Waals surface area (Å²) in [6, 6.07) is 18.0. The molecule has 0 radical (unpaired) electrons. The van der Waals surface area contributed by atoms with Gasteiger partial charge in [-0.25, -0.2) is 4.98 Å². The van der Waals surface area contributed by atoms with Crippen molar-refractivity contribution in [1.82, 2.24) is 14.5 Å². The van der Waals surface area contributed by atoms with Crippen LogP contribution in [0.15, 0.2) is 66.9 Å². The predicted molar refractivity (Wildman–Crippen MR) is 150 cm³/mol. The number of anilines is 1. The second kappa shape index (κ2) is 11.4. The zero-order chi connectivity index (χ0) is 26.7. The number of likely N-dealkylation sites (N-methyl/N-ethyl adjacent to an activating group) is 1. The molecule has 0 aliphatic rings. The Kier molecular flexibility index (Phi) is 8.22. The molecule has 0 unspecified atom stereocenters. The van der Waals surface area contributed by atoms with E-state index in [0.717, 1.165) is 22.4 Å². The molecule has 0 saturated heterocycles. The lowest BCUT2D eigenvalue weighted by Crippen LogP contribution is -2.38. The number of carbonyl (C=O) groups excluding carboxylic acids is 2. The maximum Gasteiger partial charge on any atom is 0.255 e. The number of amides is 2. The second-order valence-electron chi connectivity index (χ2n) is 8.59. The molecule has 4 rings (SSSR count). The minimum absolute atomic E-state index is 0.176. The van der Waals surface area contributed by atoms with E-state index in [2.05, 4.69) is 10.3 Å². The van der Waals surface area contributed by atoms with Crippen LogP contribution in [0.5, 0.6) is 0 Å². The Bertz CT molecular complexity index is 1470. The Balaban J connectivity index is 1.62. The predicted octanol–water partition coefficient (Wildman–Crippen LogP) is 7.22. The summed E-state index contributed by atoms with van der Waals surface area (Å²) in [5.41, 5.74) is 4.92. The van der Waals surface area contributed by atoms with Gasteiger partial charge in [-0.2, -0.15) is 0 Å². The minimum atomic E-state index is -0.390. The van der Waals surface area contributed by atoms with Crippen molar-refractivity contribution < 1.29 is 9.59 Å². The third-order valence-electron chi connectivity index (χ3n) is 6.03. The van der Waals surface area contributed by atoms with Crippen molar-refractivity contribution >= 4 is 52.6 Å². The summed E-state index contributed by atoms with van der Waals surface area (Å²) in [5.74, 6) is -0.413. The molecule has 0 fully saturated rings. The summed E-state index contributed by atoms with van der Waals surface area (Å²) >= 11 is 18.2. The van der Waals surface area contributed by atoms with Gasteiger partial charge in [-0.1, -0.05) is 53.0 Å². The Labute approximate surface area is 230 Å². The highest BCUT2D eigenvalue weighted by molar-refractivity contribution is 6.36. The average molecular weight is 556 g/mol. The van der Waals surface area contributed by atoms with E-state index in [1.165, 1.54) is 11.0 Å². The average Bonchev–Trinajstić information content (AvgIpc) is 3.27. The molecule has 0 spiro atoms. The van der Waals surface area contributed by atoms with Gasteiger partial charge in [-0.3, -0.25) is 19.5 Å². The molecule has 0 aliphatic carbocycles. The molecule has 1 N–H and O–H groups in total. The van der Waals surface area contributed by atoms with Crippen molar-refractivity contribution in [3.05, 3.63) is 98.6 Å². The number of nitrogens with zero attached hydrogens (tertiary/aromatic N) is 3. The van der Waals surface area contributed by atoms with Gasteiger partial charge in [0.25, 0.3) is 5.91 Å². The summed E-state index contributed by atoms with van der Waals surface area (Å²) < 4.78 is 1.82. The molecule has 1 heterocycles. The smallest absolute Gasteiger partial charge is 0.255 e. The van der Waals surface area contributed by atoms with Crippen molar-refractivity contribution in [3.8, 4) is 16.9 Å². The van der Waals surface area contributed by atoms with E-state index in [0.29, 0.717) is 28.2 Å². The highest BCUT2D eigenvalue weighted by Crippen LogP contribution is 2.27. The van der Waals surface area contributed by atoms with Crippen molar-refractivity contribution in [2.24, 2.45) is 0 Å². The van der Waals surface area contributed by atoms with Crippen molar-refractivity contribution in [2.45, 2.75) is 20.8 Å². The number of aromatic nitrogens is 2. The maximum atomic E-state index is 13.1. The molecule has 1 aromatic heterocycles. The number of imidazole rings is 1. The standard InChI is InChI=1S/C28H25Cl3N4O2/c1-4-34(27(37)23-12-10-21(30)14-24(23)31)16-26(36)33-28-32-25(19-6-8-20(29)9-7-19)15-35(28)22-11-5-17(2)18(3)13-22/h5-15H,4,16H2,1-3H3,(H,32,33,36). The topological polar surface area (TPSA) is 67.2 Å². The van der Waals surface area contributed by atoms with Crippen LogP contribution in [0.1, 0.15) is 28.4 Å². The molecular weight excluding hydrogens is 531 g/mol. The van der Waals surface area contributed by atoms with Crippen LogP contribution < -0.4 is 5.32 Å². The Morgan fingerprint density at radius 1 is 0.919 bits per heavy atom. The van der Waals surface area contributed by atoms with E-state index in [1.807, 2.05) is 54.9 Å². The van der Waals surface area contributed by atoms with Crippen LogP contribution in [0, 0.1) is 13.8 Å². The molecule has 0 aliphatic heterocycles. The SMILES string of the molecule is CCN(CC(=O)Nc1nc(-c2ccc(Cl)cc2)cn1-c1ccc(C)c(C)c1)C(=O)c1ccc(Cl)cc1Cl. The molecule has 6 nitrogen and oxygen atoms in total. The summed E-state index contributed by atoms with van der Waals surface area (Å²) in [6.07, 6.45) is 1.86. The van der Waals surface area contributed by atoms with Gasteiger partial charge in [0.1, 0.15) is 6.54 Å². The first-order valence-corrected chi connectivity index (χ1v) is 12.8. The molecule has 37 heavy (non-hydrogen) atoms. The number of hydrogen-bond acceptors (Lipinski definition) is 3. The molecule has 0 bridgehead atoms. The van der Waals surface area contributed by atoms with Gasteiger partial charge >= 0.3 is 0 Å². The fourth-order valence-corrected chi connectivity index (χ4v) is 4.41. The molecule has 4 aromatic rings. The fraction of sp³-hybridized carbons (Fsp3) is 0.179. The summed E-state index contributed by atoms with van der Waals surface area (Å²) in [5, 5.41) is 4.16. The number of benzene rings is 3. The van der Waals surface area contributed by atoms with Gasteiger partial charge in [-0.05, 0) is 74.4 Å². The van der Waals surface area contributed by atoms with E-state index < -0.39 is 5.91 Å². The minimum Gasteiger partial charge on any atom is -0.330 e. The monoisotopic (exact) mass is 554 g/mol. The lowest BCUT2D eigenvalue weighted by Gasteiger charge is -2.21. The summed E-state index contributed by atoms with van der Waals surface area (Å²) in [4.78, 5) is 32.3. The Morgan fingerprint density at radius 3 is 2.27 bits per heavy atom. The normalized spacial score (nSPS) is 10.9. The van der Waals surface area contributed by atoms with Crippen LogP contribution >= 0.6 is 34.8 Å². The van der Waals surface area contributed by atoms with E-state index in [4.69, 9.17) is 34.8 Å². The third kappa shape index (κ3) is 6.16. The lowest BCUT2D eigenvalue weighted by atomic mass is 10.1. The van der Waals surface area contributed by atoms with Gasteiger partial charge in [0.05, 0.1) is 16.3 Å². The van der Waals surface area contributed by atoms with Crippen LogP contribution in [0.2, 0.25) is 15.1 Å². The Hall–Kier alpha value is -3.32. The lowest BCUT2D eigenvalue weighted by molar-refractivity contribution is -0.116. The quantitative estimate of drug-likeness (QED) is 0.262. The van der Waals surface area contributed by atoms with E-state index in [9.17, 15) is 9.59 Å². The molecule has 0 saturated carbocycles. The van der Waals surface area contributed by atoms with Crippen molar-refractivity contribution in [3.63, 3.8) is 0 Å². The number of aryl methyl sites for hydroxylation is 2. The molecule has 0 atom stereocenters. The van der Waals surface area contributed by atoms with E-state index in [-0.39, 0.29) is 23.0 Å². The van der Waals surface area contributed by atoms with Gasteiger partial charge < -0.3 is 4.90 Å². The second-order valence-corrected chi connectivity index (χ2v) is 9.87. The van der Waals surface area contributed by atoms with Crippen LogP contribution in [0.4, 0.5) is 5.95 Å². The molecule has 3 aromatic carbocycles. The van der Waals surface area contributed by atoms with E-state index in [1.54, 1.807) is 31.2 Å². The molecule has 2 amide bonds. The molecular formula is C28H25Cl3N4O2. The zero-order valence-electron chi connectivity index (χ0n) is 20.6. The first-order valence-electron chi connectivity index (χ1n) is 11.6. The van der Waals surface area contributed by atoms with Gasteiger partial charge in [0, 0.05) is 34.0 Å². The number of carbonyl (C=O) groups is 2. The maximum absolute atomic E-state index is 13.1. The zero-order valence-corrected chi connectivity index (χ0v) is 22.8. The highest BCUT2D eigenvalue weighted by atomic mass is 35.5. The van der Waals surface area contributed by atoms with Crippen LogP contribution in [0.25, 0.3) is 16.9 Å². The Morgan fingerprint density at radius 2 is 1.62 bits per heavy atom. The van der Waals surface area contributed by atoms with Crippen LogP contribution in [-0.2, 0) is 4.79 Å². The van der Waals surface area contributed by atoms with Gasteiger partial charge in [-0.15, -0.1) is 0 Å². The number of rotatable bonds is 7. The first kappa shape index (κ1) is 26.7. The van der Waals surface area contributed by atoms with Crippen LogP contribution in [0.3, 0.4) is 0 Å². The first-order chi connectivity index (χ1) is 17.7. The summed E-state index contributed by atoms with van der Waals surface area (Å²) in [7, 11) is 0. The number of hydrogen-bond donors (Lipinski definition) is 1. The largest absolute Gasteiger partial charge is 0.330 e. The molecule has 9 heteroatoms. The van der Waals surface area contributed by atoms with Crippen molar-refractivity contribution in [1.29, 1.82) is 0 Å². The number of halogens is 3. The van der Waals surface area contributed by atoms with Crippen LogP contribution in [-0.4, -0.2) is 39.4 Å². The molecule has 190 valence electrons. The fourth-order valence-electron chi connectivity index (χ4n) is 3.80. The highest BCUT2D eigenvalue weighted by Gasteiger charge is 2.21. The van der Waals surface area contributed by atoms with Gasteiger partial charge in [0.2, 0.25) is 11.9 Å². The number of nitrogens with one attached hydrogen (secondary N) is 1. The van der Waals surface area contributed by atoms with Crippen molar-refractivity contribution in [2.75, 3.05) is 18.4 Å². The third-order valence-corrected chi connectivity index (χ3v) is 6.83. The summed E-state index contributed by atoms with van der Waals surface area (Å²) in [6.45, 7) is 6.00.